The van der Waals surface area contributed by atoms with E-state index in [1.807, 2.05) is 0 Å². The molecule has 192 valence electrons. The van der Waals surface area contributed by atoms with Crippen molar-refractivity contribution < 1.29 is 54.1 Å². The first kappa shape index (κ1) is 26.6. The van der Waals surface area contributed by atoms with Gasteiger partial charge in [-0.05, 0) is 44.2 Å². The first-order valence-electron chi connectivity index (χ1n) is 11.4. The zero-order valence-corrected chi connectivity index (χ0v) is 19.2. The third kappa shape index (κ3) is 6.57. The van der Waals surface area contributed by atoms with Gasteiger partial charge in [-0.3, -0.25) is 4.79 Å². The SMILES string of the molecule is C[C@@H]1CCCC(=O)CCC/C=C/c2cc(OC3OC(C(=O)O)C(O)C(O)C3O)cc(O)c2C(=O)O1. The van der Waals surface area contributed by atoms with Crippen LogP contribution in [0.5, 0.6) is 11.5 Å². The maximum atomic E-state index is 12.8. The highest BCUT2D eigenvalue weighted by Crippen LogP contribution is 2.33. The number of ether oxygens (including phenoxy) is 3. The van der Waals surface area contributed by atoms with Gasteiger partial charge in [-0.2, -0.15) is 0 Å². The van der Waals surface area contributed by atoms with Crippen LogP contribution >= 0.6 is 0 Å². The van der Waals surface area contributed by atoms with Crippen LogP contribution in [-0.4, -0.2) is 80.1 Å². The van der Waals surface area contributed by atoms with E-state index in [1.165, 1.54) is 6.07 Å². The van der Waals surface area contributed by atoms with Crippen molar-refractivity contribution in [1.29, 1.82) is 0 Å². The van der Waals surface area contributed by atoms with Crippen molar-refractivity contribution in [2.45, 2.75) is 82.3 Å². The van der Waals surface area contributed by atoms with E-state index < -0.39 is 54.5 Å². The lowest BCUT2D eigenvalue weighted by molar-refractivity contribution is -0.271. The van der Waals surface area contributed by atoms with E-state index in [-0.39, 0.29) is 22.7 Å². The van der Waals surface area contributed by atoms with Crippen molar-refractivity contribution in [3.05, 3.63) is 29.3 Å². The number of aromatic hydroxyl groups is 1. The number of carbonyl (C=O) groups is 3. The van der Waals surface area contributed by atoms with Gasteiger partial charge in [-0.25, -0.2) is 9.59 Å². The number of aliphatic hydroxyl groups excluding tert-OH is 3. The van der Waals surface area contributed by atoms with E-state index >= 15 is 0 Å². The number of benzene rings is 1. The highest BCUT2D eigenvalue weighted by Gasteiger charge is 2.48. The number of esters is 1. The second-order valence-electron chi connectivity index (χ2n) is 8.70. The molecule has 11 nitrogen and oxygen atoms in total. The lowest BCUT2D eigenvalue weighted by atomic mass is 9.99. The van der Waals surface area contributed by atoms with Gasteiger partial charge in [0, 0.05) is 18.9 Å². The predicted molar refractivity (Wildman–Crippen MR) is 120 cm³/mol. The summed E-state index contributed by atoms with van der Waals surface area (Å²) < 4.78 is 16.0. The van der Waals surface area contributed by atoms with Crippen molar-refractivity contribution in [2.75, 3.05) is 0 Å². The Labute approximate surface area is 201 Å². The molecule has 5 N–H and O–H groups in total. The van der Waals surface area contributed by atoms with Crippen LogP contribution in [0, 0.1) is 0 Å². The average molecular weight is 494 g/mol. The van der Waals surface area contributed by atoms with E-state index in [9.17, 15) is 39.9 Å². The molecule has 2 heterocycles. The Morgan fingerprint density at radius 2 is 1.77 bits per heavy atom. The van der Waals surface area contributed by atoms with Gasteiger partial charge in [-0.15, -0.1) is 0 Å². The zero-order valence-electron chi connectivity index (χ0n) is 19.2. The Morgan fingerprint density at radius 3 is 2.49 bits per heavy atom. The third-order valence-corrected chi connectivity index (χ3v) is 5.89. The maximum absolute atomic E-state index is 12.8. The number of Topliss-reactive ketones (excluding diaryl/α,β-unsaturated/α-hetero) is 1. The molecule has 1 fully saturated rings. The first-order valence-corrected chi connectivity index (χ1v) is 11.4. The number of ketones is 1. The van der Waals surface area contributed by atoms with Gasteiger partial charge in [0.2, 0.25) is 6.29 Å². The normalized spacial score (nSPS) is 31.5. The number of aliphatic carboxylic acids is 1. The summed E-state index contributed by atoms with van der Waals surface area (Å²) >= 11 is 0. The van der Waals surface area contributed by atoms with Gasteiger partial charge >= 0.3 is 11.9 Å². The summed E-state index contributed by atoms with van der Waals surface area (Å²) in [5.74, 6) is -2.78. The van der Waals surface area contributed by atoms with Crippen LogP contribution < -0.4 is 4.74 Å². The van der Waals surface area contributed by atoms with Crippen LogP contribution in [0.3, 0.4) is 0 Å². The highest BCUT2D eigenvalue weighted by atomic mass is 16.7. The van der Waals surface area contributed by atoms with Crippen LogP contribution in [0.25, 0.3) is 6.08 Å². The average Bonchev–Trinajstić information content (AvgIpc) is 2.78. The molecule has 6 atom stereocenters. The molecule has 0 radical (unpaired) electrons. The summed E-state index contributed by atoms with van der Waals surface area (Å²) in [5.41, 5.74) is 0.110. The largest absolute Gasteiger partial charge is 0.507 e. The fourth-order valence-corrected chi connectivity index (χ4v) is 3.97. The molecular formula is C24H30O11. The summed E-state index contributed by atoms with van der Waals surface area (Å²) in [6.07, 6.45) is -3.23. The predicted octanol–water partition coefficient (Wildman–Crippen LogP) is 1.14. The Morgan fingerprint density at radius 1 is 1.06 bits per heavy atom. The Balaban J connectivity index is 1.90. The molecule has 2 aliphatic rings. The van der Waals surface area contributed by atoms with Crippen molar-refractivity contribution in [3.63, 3.8) is 0 Å². The van der Waals surface area contributed by atoms with Gasteiger partial charge in [0.15, 0.2) is 6.10 Å². The summed E-state index contributed by atoms with van der Waals surface area (Å²) in [4.78, 5) is 36.1. The number of carbonyl (C=O) groups excluding carboxylic acids is 2. The standard InChI is InChI=1S/C24H30O11/c1-12-6-5-9-14(25)8-4-2-3-7-13-10-15(11-16(26)17(13)23(32)33-12)34-24-20(29)18(27)19(28)21(35-24)22(30)31/h3,7,10-12,18-21,24,26-29H,2,4-6,8-9H2,1H3,(H,30,31)/b7-3+/t12-,18?,19?,20?,21?,24?/m1/s1. The summed E-state index contributed by atoms with van der Waals surface area (Å²) in [5, 5.41) is 49.8. The number of fused-ring (bicyclic) bond motifs is 1. The Hall–Kier alpha value is -2.99. The fraction of sp³-hybridized carbons (Fsp3) is 0.542. The Bertz CT molecular complexity index is 972. The minimum atomic E-state index is -1.88. The molecule has 0 saturated carbocycles. The molecule has 0 bridgehead atoms. The molecule has 2 aliphatic heterocycles. The lowest BCUT2D eigenvalue weighted by Gasteiger charge is -2.38. The second kappa shape index (κ2) is 11.6. The fourth-order valence-electron chi connectivity index (χ4n) is 3.97. The van der Waals surface area contributed by atoms with E-state index in [0.29, 0.717) is 38.5 Å². The third-order valence-electron chi connectivity index (χ3n) is 5.89. The Kier molecular flexibility index (Phi) is 8.84. The van der Waals surface area contributed by atoms with E-state index in [4.69, 9.17) is 14.2 Å². The summed E-state index contributed by atoms with van der Waals surface area (Å²) in [6.45, 7) is 1.69. The molecule has 0 amide bonds. The lowest BCUT2D eigenvalue weighted by Crippen LogP contribution is -2.61. The second-order valence-corrected chi connectivity index (χ2v) is 8.70. The minimum absolute atomic E-state index is 0.0974. The summed E-state index contributed by atoms with van der Waals surface area (Å²) in [7, 11) is 0. The van der Waals surface area contributed by atoms with Crippen LogP contribution in [0.4, 0.5) is 0 Å². The number of allylic oxidation sites excluding steroid dienone is 1. The number of aliphatic hydroxyl groups is 3. The van der Waals surface area contributed by atoms with Crippen molar-refractivity contribution >= 4 is 23.8 Å². The summed E-state index contributed by atoms with van der Waals surface area (Å²) in [6, 6.07) is 2.43. The van der Waals surface area contributed by atoms with Crippen molar-refractivity contribution in [3.8, 4) is 11.5 Å². The molecule has 1 aromatic rings. The number of hydrogen-bond donors (Lipinski definition) is 5. The number of phenolic OH excluding ortho intramolecular Hbond substituents is 1. The number of rotatable bonds is 3. The van der Waals surface area contributed by atoms with E-state index in [2.05, 4.69) is 0 Å². The van der Waals surface area contributed by atoms with Gasteiger partial charge in [0.05, 0.1) is 6.10 Å². The number of phenols is 1. The van der Waals surface area contributed by atoms with Gasteiger partial charge < -0.3 is 39.7 Å². The van der Waals surface area contributed by atoms with Crippen LogP contribution in [0.1, 0.15) is 61.4 Å². The zero-order chi connectivity index (χ0) is 25.7. The molecule has 11 heteroatoms. The van der Waals surface area contributed by atoms with Gasteiger partial charge in [0.25, 0.3) is 0 Å². The molecule has 0 spiro atoms. The quantitative estimate of drug-likeness (QED) is 0.380. The molecular weight excluding hydrogens is 464 g/mol. The smallest absolute Gasteiger partial charge is 0.342 e. The first-order chi connectivity index (χ1) is 16.6. The number of cyclic esters (lactones) is 1. The van der Waals surface area contributed by atoms with Gasteiger partial charge in [0.1, 0.15) is 41.2 Å². The molecule has 5 unspecified atom stereocenters. The topological polar surface area (TPSA) is 180 Å². The van der Waals surface area contributed by atoms with Crippen LogP contribution in [-0.2, 0) is 19.1 Å². The van der Waals surface area contributed by atoms with Gasteiger partial charge in [-0.1, -0.05) is 12.2 Å². The van der Waals surface area contributed by atoms with E-state index in [0.717, 1.165) is 6.07 Å². The molecule has 3 rings (SSSR count). The monoisotopic (exact) mass is 494 g/mol. The highest BCUT2D eigenvalue weighted by molar-refractivity contribution is 5.97. The van der Waals surface area contributed by atoms with Crippen LogP contribution in [0.15, 0.2) is 18.2 Å². The number of hydrogen-bond acceptors (Lipinski definition) is 10. The van der Waals surface area contributed by atoms with Crippen LogP contribution in [0.2, 0.25) is 0 Å². The molecule has 1 saturated heterocycles. The molecule has 35 heavy (non-hydrogen) atoms. The van der Waals surface area contributed by atoms with E-state index in [1.54, 1.807) is 19.1 Å². The van der Waals surface area contributed by atoms with Crippen molar-refractivity contribution in [1.82, 2.24) is 0 Å². The number of carboxylic acid groups (broad SMARTS) is 1. The van der Waals surface area contributed by atoms with Crippen molar-refractivity contribution in [2.24, 2.45) is 0 Å². The minimum Gasteiger partial charge on any atom is -0.507 e. The maximum Gasteiger partial charge on any atom is 0.342 e. The molecule has 0 aliphatic carbocycles. The molecule has 1 aromatic carbocycles. The number of carboxylic acids is 1. The molecule has 0 aromatic heterocycles.